The van der Waals surface area contributed by atoms with Crippen molar-refractivity contribution in [2.75, 3.05) is 13.1 Å². The number of rotatable bonds is 10. The molecule has 2 aromatic rings. The van der Waals surface area contributed by atoms with Gasteiger partial charge >= 0.3 is 0 Å². The van der Waals surface area contributed by atoms with Crippen LogP contribution in [0.15, 0.2) is 57.9 Å². The summed E-state index contributed by atoms with van der Waals surface area (Å²) >= 11 is 3.42. The molecule has 1 atom stereocenters. The molecule has 3 amide bonds. The molecular weight excluding hydrogens is 522 g/mol. The third kappa shape index (κ3) is 5.67. The number of amides is 3. The number of fused-ring (bicyclic) bond motifs is 1. The number of benzene rings is 2. The molecule has 0 radical (unpaired) electrons. The standard InChI is InChI=1S/C24H28BrN3O5S/c1-3-13-26-23(30)17(2)27(16-18-8-6-9-19(25)15-18)22(29)12-7-14-28-24(31)20-10-4-5-11-21(20)34(28,32)33/h4-6,8-11,15,17H,3,7,12-14,16H2,1-2H3,(H,26,30). The van der Waals surface area contributed by atoms with Crippen LogP contribution in [0.3, 0.4) is 0 Å². The van der Waals surface area contributed by atoms with E-state index >= 15 is 0 Å². The van der Waals surface area contributed by atoms with Gasteiger partial charge < -0.3 is 10.2 Å². The summed E-state index contributed by atoms with van der Waals surface area (Å²) in [6, 6.07) is 12.8. The van der Waals surface area contributed by atoms with Gasteiger partial charge in [0.1, 0.15) is 10.9 Å². The highest BCUT2D eigenvalue weighted by atomic mass is 79.9. The average Bonchev–Trinajstić information content (AvgIpc) is 3.01. The maximum absolute atomic E-state index is 13.2. The minimum Gasteiger partial charge on any atom is -0.354 e. The van der Waals surface area contributed by atoms with E-state index in [0.717, 1.165) is 20.8 Å². The van der Waals surface area contributed by atoms with Gasteiger partial charge in [-0.05, 0) is 49.6 Å². The van der Waals surface area contributed by atoms with E-state index in [1.165, 1.54) is 17.0 Å². The summed E-state index contributed by atoms with van der Waals surface area (Å²) in [4.78, 5) is 39.8. The molecule has 182 valence electrons. The van der Waals surface area contributed by atoms with Gasteiger partial charge in [-0.2, -0.15) is 0 Å². The Hall–Kier alpha value is -2.72. The topological polar surface area (TPSA) is 104 Å². The number of nitrogens with one attached hydrogen (secondary N) is 1. The highest BCUT2D eigenvalue weighted by molar-refractivity contribution is 9.10. The maximum atomic E-state index is 13.2. The monoisotopic (exact) mass is 549 g/mol. The Morgan fingerprint density at radius 1 is 1.15 bits per heavy atom. The van der Waals surface area contributed by atoms with E-state index in [4.69, 9.17) is 0 Å². The van der Waals surface area contributed by atoms with Crippen molar-refractivity contribution >= 4 is 43.7 Å². The molecule has 10 heteroatoms. The van der Waals surface area contributed by atoms with Crippen LogP contribution < -0.4 is 5.32 Å². The van der Waals surface area contributed by atoms with Crippen molar-refractivity contribution in [3.8, 4) is 0 Å². The second-order valence-electron chi connectivity index (χ2n) is 8.10. The maximum Gasteiger partial charge on any atom is 0.269 e. The van der Waals surface area contributed by atoms with E-state index in [1.807, 2.05) is 31.2 Å². The molecule has 1 aliphatic heterocycles. The van der Waals surface area contributed by atoms with Crippen molar-refractivity contribution in [2.45, 2.75) is 50.6 Å². The number of carbonyl (C=O) groups is 3. The summed E-state index contributed by atoms with van der Waals surface area (Å²) in [6.45, 7) is 4.25. The van der Waals surface area contributed by atoms with Gasteiger partial charge in [-0.15, -0.1) is 0 Å². The Labute approximate surface area is 208 Å². The molecule has 0 aromatic heterocycles. The van der Waals surface area contributed by atoms with Gasteiger partial charge in [0.15, 0.2) is 0 Å². The molecule has 3 rings (SSSR count). The molecule has 8 nitrogen and oxygen atoms in total. The summed E-state index contributed by atoms with van der Waals surface area (Å²) in [7, 11) is -3.92. The molecule has 0 saturated carbocycles. The second kappa shape index (κ2) is 11.1. The molecule has 1 unspecified atom stereocenters. The zero-order valence-corrected chi connectivity index (χ0v) is 21.6. The molecule has 34 heavy (non-hydrogen) atoms. The molecule has 0 bridgehead atoms. The van der Waals surface area contributed by atoms with Crippen LogP contribution in [0.1, 0.15) is 49.0 Å². The fraction of sp³-hybridized carbons (Fsp3) is 0.375. The first-order chi connectivity index (χ1) is 16.2. The van der Waals surface area contributed by atoms with Gasteiger partial charge in [0.25, 0.3) is 15.9 Å². The first-order valence-corrected chi connectivity index (χ1v) is 13.4. The van der Waals surface area contributed by atoms with Crippen LogP contribution in [-0.4, -0.2) is 54.5 Å². The molecule has 1 N–H and O–H groups in total. The number of halogens is 1. The fourth-order valence-corrected chi connectivity index (χ4v) is 5.83. The van der Waals surface area contributed by atoms with E-state index in [-0.39, 0.29) is 48.2 Å². The van der Waals surface area contributed by atoms with Crippen LogP contribution in [0.5, 0.6) is 0 Å². The van der Waals surface area contributed by atoms with E-state index in [0.29, 0.717) is 6.54 Å². The molecule has 0 saturated heterocycles. The van der Waals surface area contributed by atoms with Crippen LogP contribution in [0.4, 0.5) is 0 Å². The average molecular weight is 550 g/mol. The number of hydrogen-bond donors (Lipinski definition) is 1. The van der Waals surface area contributed by atoms with E-state index < -0.39 is 22.0 Å². The lowest BCUT2D eigenvalue weighted by atomic mass is 10.1. The summed E-state index contributed by atoms with van der Waals surface area (Å²) in [5, 5.41) is 2.82. The minimum atomic E-state index is -3.92. The number of hydrogen-bond acceptors (Lipinski definition) is 5. The quantitative estimate of drug-likeness (QED) is 0.489. The molecule has 1 aliphatic rings. The lowest BCUT2D eigenvalue weighted by Gasteiger charge is -2.29. The Morgan fingerprint density at radius 3 is 2.56 bits per heavy atom. The zero-order valence-electron chi connectivity index (χ0n) is 19.2. The summed E-state index contributed by atoms with van der Waals surface area (Å²) < 4.78 is 27.1. The van der Waals surface area contributed by atoms with Crippen molar-refractivity contribution in [2.24, 2.45) is 0 Å². The highest BCUT2D eigenvalue weighted by Crippen LogP contribution is 2.30. The predicted octanol–water partition coefficient (Wildman–Crippen LogP) is 3.32. The van der Waals surface area contributed by atoms with Gasteiger partial charge in [0, 0.05) is 30.5 Å². The largest absolute Gasteiger partial charge is 0.354 e. The van der Waals surface area contributed by atoms with Crippen molar-refractivity contribution in [3.63, 3.8) is 0 Å². The minimum absolute atomic E-state index is 0.00491. The van der Waals surface area contributed by atoms with E-state index in [1.54, 1.807) is 19.1 Å². The van der Waals surface area contributed by atoms with Gasteiger partial charge in [0.05, 0.1) is 5.56 Å². The summed E-state index contributed by atoms with van der Waals surface area (Å²) in [5.74, 6) is -1.13. The SMILES string of the molecule is CCCNC(=O)C(C)N(Cc1cccc(Br)c1)C(=O)CCCN1C(=O)c2ccccc2S1(=O)=O. The summed E-state index contributed by atoms with van der Waals surface area (Å²) in [5.41, 5.74) is 0.997. The van der Waals surface area contributed by atoms with Crippen LogP contribution >= 0.6 is 15.9 Å². The predicted molar refractivity (Wildman–Crippen MR) is 131 cm³/mol. The Morgan fingerprint density at radius 2 is 1.88 bits per heavy atom. The van der Waals surface area contributed by atoms with E-state index in [9.17, 15) is 22.8 Å². The molecule has 0 aliphatic carbocycles. The molecule has 2 aromatic carbocycles. The van der Waals surface area contributed by atoms with Gasteiger partial charge in [0.2, 0.25) is 11.8 Å². The number of carbonyl (C=O) groups excluding carboxylic acids is 3. The first kappa shape index (κ1) is 25.9. The fourth-order valence-electron chi connectivity index (χ4n) is 3.78. The lowest BCUT2D eigenvalue weighted by molar-refractivity contribution is -0.140. The zero-order chi connectivity index (χ0) is 24.9. The number of sulfonamides is 1. The van der Waals surface area contributed by atoms with Crippen LogP contribution in [0.25, 0.3) is 0 Å². The van der Waals surface area contributed by atoms with E-state index in [2.05, 4.69) is 21.2 Å². The third-order valence-electron chi connectivity index (χ3n) is 5.62. The Balaban J connectivity index is 1.70. The van der Waals surface area contributed by atoms with Crippen LogP contribution in [0.2, 0.25) is 0 Å². The van der Waals surface area contributed by atoms with Crippen LogP contribution in [0, 0.1) is 0 Å². The molecular formula is C24H28BrN3O5S. The molecule has 0 fully saturated rings. The Kier molecular flexibility index (Phi) is 8.48. The van der Waals surface area contributed by atoms with Crippen molar-refractivity contribution in [3.05, 3.63) is 64.1 Å². The third-order valence-corrected chi connectivity index (χ3v) is 7.96. The molecule has 1 heterocycles. The number of nitrogens with zero attached hydrogens (tertiary/aromatic N) is 2. The van der Waals surface area contributed by atoms with Gasteiger partial charge in [-0.1, -0.05) is 47.1 Å². The molecule has 0 spiro atoms. The van der Waals surface area contributed by atoms with Gasteiger partial charge in [-0.25, -0.2) is 12.7 Å². The normalized spacial score (nSPS) is 15.0. The van der Waals surface area contributed by atoms with Crippen molar-refractivity contribution < 1.29 is 22.8 Å². The smallest absolute Gasteiger partial charge is 0.269 e. The second-order valence-corrected chi connectivity index (χ2v) is 10.8. The van der Waals surface area contributed by atoms with Crippen LogP contribution in [-0.2, 0) is 26.2 Å². The van der Waals surface area contributed by atoms with Crippen molar-refractivity contribution in [1.82, 2.24) is 14.5 Å². The van der Waals surface area contributed by atoms with Gasteiger partial charge in [-0.3, -0.25) is 14.4 Å². The Bertz CT molecular complexity index is 1180. The van der Waals surface area contributed by atoms with Crippen molar-refractivity contribution in [1.29, 1.82) is 0 Å². The summed E-state index contributed by atoms with van der Waals surface area (Å²) in [6.07, 6.45) is 0.921. The highest BCUT2D eigenvalue weighted by Gasteiger charge is 2.40. The lowest BCUT2D eigenvalue weighted by Crippen LogP contribution is -2.47. The first-order valence-electron chi connectivity index (χ1n) is 11.1.